The van der Waals surface area contributed by atoms with Gasteiger partial charge in [-0.25, -0.2) is 0 Å². The summed E-state index contributed by atoms with van der Waals surface area (Å²) < 4.78 is 5.57. The zero-order valence-corrected chi connectivity index (χ0v) is 19.8. The lowest BCUT2D eigenvalue weighted by atomic mass is 9.80. The Labute approximate surface area is 185 Å². The van der Waals surface area contributed by atoms with Crippen LogP contribution in [0.3, 0.4) is 0 Å². The zero-order chi connectivity index (χ0) is 18.3. The number of aliphatic hydroxyl groups is 1. The molecule has 0 amide bonds. The predicted molar refractivity (Wildman–Crippen MR) is 124 cm³/mol. The van der Waals surface area contributed by atoms with Gasteiger partial charge in [-0.15, -0.1) is 24.0 Å². The second kappa shape index (κ2) is 11.4. The van der Waals surface area contributed by atoms with Crippen molar-refractivity contribution in [3.05, 3.63) is 0 Å². The lowest BCUT2D eigenvalue weighted by Gasteiger charge is -2.47. The summed E-state index contributed by atoms with van der Waals surface area (Å²) in [6.07, 6.45) is 7.27. The second-order valence-electron chi connectivity index (χ2n) is 7.96. The van der Waals surface area contributed by atoms with Gasteiger partial charge in [0.1, 0.15) is 0 Å². The van der Waals surface area contributed by atoms with Gasteiger partial charge in [0.15, 0.2) is 5.96 Å². The van der Waals surface area contributed by atoms with Crippen LogP contribution in [0.25, 0.3) is 0 Å². The molecule has 3 rings (SSSR count). The van der Waals surface area contributed by atoms with Crippen LogP contribution in [0.15, 0.2) is 4.99 Å². The summed E-state index contributed by atoms with van der Waals surface area (Å²) in [7, 11) is 0. The third kappa shape index (κ3) is 6.62. The number of nitrogens with one attached hydrogen (secondary N) is 2. The van der Waals surface area contributed by atoms with Gasteiger partial charge in [0.2, 0.25) is 0 Å². The highest BCUT2D eigenvalue weighted by Gasteiger charge is 2.38. The van der Waals surface area contributed by atoms with Crippen LogP contribution in [0.2, 0.25) is 0 Å². The van der Waals surface area contributed by atoms with E-state index < -0.39 is 5.60 Å². The molecule has 2 heterocycles. The number of thioether (sulfide) groups is 1. The van der Waals surface area contributed by atoms with E-state index in [1.807, 2.05) is 11.8 Å². The van der Waals surface area contributed by atoms with Crippen molar-refractivity contribution in [2.75, 3.05) is 57.4 Å². The summed E-state index contributed by atoms with van der Waals surface area (Å²) in [5, 5.41) is 17.3. The molecule has 0 bridgehead atoms. The second-order valence-corrected chi connectivity index (χ2v) is 9.07. The minimum Gasteiger partial charge on any atom is -0.387 e. The van der Waals surface area contributed by atoms with Crippen molar-refractivity contribution in [2.24, 2.45) is 4.99 Å². The fourth-order valence-electron chi connectivity index (χ4n) is 4.37. The number of halogens is 1. The molecule has 1 saturated carbocycles. The van der Waals surface area contributed by atoms with Crippen LogP contribution in [-0.2, 0) is 4.74 Å². The normalized spacial score (nSPS) is 29.2. The highest BCUT2D eigenvalue weighted by atomic mass is 127. The smallest absolute Gasteiger partial charge is 0.191 e. The molecule has 0 radical (unpaired) electrons. The summed E-state index contributed by atoms with van der Waals surface area (Å²) in [5.74, 6) is 2.71. The van der Waals surface area contributed by atoms with Gasteiger partial charge in [0.25, 0.3) is 0 Å². The Hall–Kier alpha value is 0.230. The first kappa shape index (κ1) is 23.5. The molecule has 1 unspecified atom stereocenters. The number of guanidine groups is 1. The molecule has 8 heteroatoms. The Morgan fingerprint density at radius 3 is 2.52 bits per heavy atom. The van der Waals surface area contributed by atoms with Crippen molar-refractivity contribution in [3.8, 4) is 0 Å². The number of aliphatic imine (C=N–C) groups is 1. The SMILES string of the molecule is CCNC(=NCC1(N2CCOCC2)CCCCC1)NCC1(O)CCSC1.I. The van der Waals surface area contributed by atoms with Gasteiger partial charge in [-0.3, -0.25) is 9.89 Å². The molecule has 0 aromatic rings. The van der Waals surface area contributed by atoms with Crippen molar-refractivity contribution in [2.45, 2.75) is 56.6 Å². The van der Waals surface area contributed by atoms with E-state index in [0.717, 1.165) is 63.3 Å². The standard InChI is InChI=1S/C19H36N4O2S.HI/c1-2-20-17(22-15-19(24)8-13-26-16-19)21-14-18(6-4-3-5-7-18)23-9-11-25-12-10-23;/h24H,2-16H2,1H3,(H2,20,21,22);1H. The van der Waals surface area contributed by atoms with E-state index in [4.69, 9.17) is 9.73 Å². The third-order valence-electron chi connectivity index (χ3n) is 6.01. The molecule has 1 atom stereocenters. The van der Waals surface area contributed by atoms with Gasteiger partial charge in [-0.2, -0.15) is 11.8 Å². The zero-order valence-electron chi connectivity index (χ0n) is 16.7. The summed E-state index contributed by atoms with van der Waals surface area (Å²) >= 11 is 1.83. The number of morpholine rings is 1. The van der Waals surface area contributed by atoms with Crippen molar-refractivity contribution in [1.82, 2.24) is 15.5 Å². The van der Waals surface area contributed by atoms with E-state index in [1.165, 1.54) is 32.1 Å². The van der Waals surface area contributed by atoms with Crippen molar-refractivity contribution >= 4 is 41.7 Å². The van der Waals surface area contributed by atoms with E-state index >= 15 is 0 Å². The van der Waals surface area contributed by atoms with Gasteiger partial charge in [0.05, 0.1) is 25.4 Å². The largest absolute Gasteiger partial charge is 0.387 e. The van der Waals surface area contributed by atoms with Crippen LogP contribution in [0.1, 0.15) is 45.4 Å². The maximum absolute atomic E-state index is 10.6. The molecular weight excluding hydrogens is 475 g/mol. The van der Waals surface area contributed by atoms with Crippen molar-refractivity contribution in [1.29, 1.82) is 0 Å². The Kier molecular flexibility index (Phi) is 9.95. The molecule has 2 aliphatic heterocycles. The molecule has 3 aliphatic rings. The Balaban J connectivity index is 0.00000261. The topological polar surface area (TPSA) is 69.1 Å². The fraction of sp³-hybridized carbons (Fsp3) is 0.947. The highest BCUT2D eigenvalue weighted by molar-refractivity contribution is 14.0. The van der Waals surface area contributed by atoms with Crippen LogP contribution < -0.4 is 10.6 Å². The monoisotopic (exact) mass is 512 g/mol. The average Bonchev–Trinajstić information content (AvgIpc) is 3.12. The summed E-state index contributed by atoms with van der Waals surface area (Å²) in [6, 6.07) is 0. The average molecular weight is 513 g/mol. The maximum atomic E-state index is 10.6. The van der Waals surface area contributed by atoms with Crippen molar-refractivity contribution < 1.29 is 9.84 Å². The number of ether oxygens (including phenoxy) is 1. The van der Waals surface area contributed by atoms with Crippen LogP contribution >= 0.6 is 35.7 Å². The van der Waals surface area contributed by atoms with Crippen LogP contribution in [0, 0.1) is 0 Å². The van der Waals surface area contributed by atoms with Gasteiger partial charge >= 0.3 is 0 Å². The molecule has 27 heavy (non-hydrogen) atoms. The lowest BCUT2D eigenvalue weighted by molar-refractivity contribution is -0.0333. The minimum absolute atomic E-state index is 0. The number of hydrogen-bond acceptors (Lipinski definition) is 5. The van der Waals surface area contributed by atoms with E-state index in [1.54, 1.807) is 0 Å². The van der Waals surface area contributed by atoms with E-state index in [9.17, 15) is 5.11 Å². The van der Waals surface area contributed by atoms with E-state index in [-0.39, 0.29) is 29.5 Å². The first-order valence-electron chi connectivity index (χ1n) is 10.3. The molecule has 0 spiro atoms. The van der Waals surface area contributed by atoms with Gasteiger partial charge in [-0.05, 0) is 31.9 Å². The first-order chi connectivity index (χ1) is 12.7. The van der Waals surface area contributed by atoms with Gasteiger partial charge < -0.3 is 20.5 Å². The number of rotatable bonds is 6. The molecule has 1 aliphatic carbocycles. The predicted octanol–water partition coefficient (Wildman–Crippen LogP) is 2.06. The molecule has 3 N–H and O–H groups in total. The Morgan fingerprint density at radius 1 is 1.15 bits per heavy atom. The highest BCUT2D eigenvalue weighted by Crippen LogP contribution is 2.34. The van der Waals surface area contributed by atoms with Gasteiger partial charge in [0, 0.05) is 37.5 Å². The molecular formula is C19H37IN4O2S. The van der Waals surface area contributed by atoms with E-state index in [0.29, 0.717) is 6.54 Å². The first-order valence-corrected chi connectivity index (χ1v) is 11.5. The minimum atomic E-state index is -0.590. The summed E-state index contributed by atoms with van der Waals surface area (Å²) in [6.45, 7) is 8.07. The maximum Gasteiger partial charge on any atom is 0.191 e. The van der Waals surface area contributed by atoms with Gasteiger partial charge in [-0.1, -0.05) is 19.3 Å². The summed E-state index contributed by atoms with van der Waals surface area (Å²) in [4.78, 5) is 7.60. The molecule has 3 fully saturated rings. The lowest BCUT2D eigenvalue weighted by Crippen LogP contribution is -2.57. The van der Waals surface area contributed by atoms with Crippen LogP contribution in [0.5, 0.6) is 0 Å². The fourth-order valence-corrected chi connectivity index (χ4v) is 5.67. The van der Waals surface area contributed by atoms with Crippen LogP contribution in [-0.4, -0.2) is 84.5 Å². The quantitative estimate of drug-likeness (QED) is 0.288. The van der Waals surface area contributed by atoms with Crippen LogP contribution in [0.4, 0.5) is 0 Å². The molecule has 6 nitrogen and oxygen atoms in total. The van der Waals surface area contributed by atoms with Crippen molar-refractivity contribution in [3.63, 3.8) is 0 Å². The molecule has 0 aromatic carbocycles. The summed E-state index contributed by atoms with van der Waals surface area (Å²) in [5.41, 5.74) is -0.405. The Morgan fingerprint density at radius 2 is 1.89 bits per heavy atom. The number of hydrogen-bond donors (Lipinski definition) is 3. The number of nitrogens with zero attached hydrogens (tertiary/aromatic N) is 2. The molecule has 158 valence electrons. The molecule has 2 saturated heterocycles. The molecule has 0 aromatic heterocycles. The van der Waals surface area contributed by atoms with E-state index in [2.05, 4.69) is 22.5 Å². The Bertz CT molecular complexity index is 463. The third-order valence-corrected chi connectivity index (χ3v) is 7.24.